The number of aryl methyl sites for hydroxylation is 2. The molecule has 0 aliphatic carbocycles. The van der Waals surface area contributed by atoms with E-state index in [2.05, 4.69) is 25.6 Å². The fourth-order valence-corrected chi connectivity index (χ4v) is 3.71. The first-order valence-electron chi connectivity index (χ1n) is 10.6. The van der Waals surface area contributed by atoms with Crippen molar-refractivity contribution in [2.24, 2.45) is 4.99 Å². The highest BCUT2D eigenvalue weighted by Crippen LogP contribution is 2.12. The average Bonchev–Trinajstić information content (AvgIpc) is 3.33. The van der Waals surface area contributed by atoms with E-state index in [0.717, 1.165) is 17.1 Å². The zero-order valence-corrected chi connectivity index (χ0v) is 19.3. The first-order chi connectivity index (χ1) is 16.0. The fourth-order valence-electron chi connectivity index (χ4n) is 3.51. The monoisotopic (exact) mass is 463 g/mol. The van der Waals surface area contributed by atoms with Crippen LogP contribution in [0.2, 0.25) is 0 Å². The number of guanidine groups is 1. The molecule has 1 aliphatic rings. The van der Waals surface area contributed by atoms with Crippen LogP contribution >= 0.6 is 12.2 Å². The number of rotatable bonds is 3. The quantitative estimate of drug-likeness (QED) is 0.347. The highest BCUT2D eigenvalue weighted by Gasteiger charge is 2.26. The van der Waals surface area contributed by atoms with Gasteiger partial charge in [-0.3, -0.25) is 10.1 Å². The number of amides is 1. The molecule has 0 bridgehead atoms. The van der Waals surface area contributed by atoms with Crippen LogP contribution in [-0.2, 0) is 0 Å². The van der Waals surface area contributed by atoms with Crippen molar-refractivity contribution in [3.63, 3.8) is 0 Å². The van der Waals surface area contributed by atoms with E-state index in [9.17, 15) is 4.79 Å². The molecule has 1 aliphatic heterocycles. The molecule has 33 heavy (non-hydrogen) atoms. The molecule has 1 aromatic carbocycles. The third kappa shape index (κ3) is 5.92. The van der Waals surface area contributed by atoms with Crippen molar-refractivity contribution in [3.05, 3.63) is 71.9 Å². The lowest BCUT2D eigenvalue weighted by Crippen LogP contribution is -2.52. The second-order valence-electron chi connectivity index (χ2n) is 7.59. The maximum atomic E-state index is 12.6. The molecule has 170 valence electrons. The topological polar surface area (TPSA) is 98.9 Å². The summed E-state index contributed by atoms with van der Waals surface area (Å²) in [5, 5.41) is 6.66. The number of hydrogen-bond donors (Lipinski definition) is 2. The largest absolute Gasteiger partial charge is 0.459 e. The molecule has 1 fully saturated rings. The fraction of sp³-hybridized carbons (Fsp3) is 0.261. The van der Waals surface area contributed by atoms with E-state index in [1.165, 1.54) is 6.26 Å². The Kier molecular flexibility index (Phi) is 6.94. The number of aromatic nitrogens is 2. The van der Waals surface area contributed by atoms with Gasteiger partial charge in [0.2, 0.25) is 17.0 Å². The molecular formula is C23H25N7O2S. The van der Waals surface area contributed by atoms with Crippen molar-refractivity contribution in [1.29, 1.82) is 0 Å². The Morgan fingerprint density at radius 2 is 1.64 bits per heavy atom. The van der Waals surface area contributed by atoms with E-state index in [-0.39, 0.29) is 5.91 Å². The minimum Gasteiger partial charge on any atom is -0.459 e. The zero-order valence-electron chi connectivity index (χ0n) is 18.5. The Bertz CT molecular complexity index is 1120. The normalized spacial score (nSPS) is 14.2. The van der Waals surface area contributed by atoms with Crippen LogP contribution in [-0.4, -0.2) is 62.9 Å². The molecule has 1 amide bonds. The van der Waals surface area contributed by atoms with Crippen molar-refractivity contribution in [2.75, 3.05) is 36.8 Å². The Morgan fingerprint density at radius 1 is 0.970 bits per heavy atom. The van der Waals surface area contributed by atoms with Crippen LogP contribution in [0.3, 0.4) is 0 Å². The molecule has 2 aromatic heterocycles. The van der Waals surface area contributed by atoms with Gasteiger partial charge in [-0.1, -0.05) is 18.2 Å². The number of thiocarbonyl (C=S) groups is 1. The second-order valence-corrected chi connectivity index (χ2v) is 7.97. The summed E-state index contributed by atoms with van der Waals surface area (Å²) in [7, 11) is 0. The lowest BCUT2D eigenvalue weighted by molar-refractivity contribution is 0.0660. The molecule has 0 atom stereocenters. The van der Waals surface area contributed by atoms with Gasteiger partial charge in [0.25, 0.3) is 5.91 Å². The number of carbonyl (C=O) groups excluding carboxylic acids is 1. The molecule has 1 saturated heterocycles. The SMILES string of the molecule is Cc1cc(C)nc(N/C(=N/C(=S)Nc2ccccc2)N2CCN(C(=O)c3ccco3)CC2)n1. The molecule has 10 heteroatoms. The van der Waals surface area contributed by atoms with Crippen LogP contribution < -0.4 is 10.6 Å². The Balaban J connectivity index is 1.51. The smallest absolute Gasteiger partial charge is 0.289 e. The minimum atomic E-state index is -0.120. The van der Waals surface area contributed by atoms with Crippen LogP contribution in [0.25, 0.3) is 0 Å². The molecule has 0 radical (unpaired) electrons. The van der Waals surface area contributed by atoms with Gasteiger partial charge in [-0.15, -0.1) is 0 Å². The van der Waals surface area contributed by atoms with Gasteiger partial charge in [0, 0.05) is 43.3 Å². The summed E-state index contributed by atoms with van der Waals surface area (Å²) in [6.45, 7) is 6.00. The van der Waals surface area contributed by atoms with Crippen LogP contribution in [0.15, 0.2) is 64.2 Å². The summed E-state index contributed by atoms with van der Waals surface area (Å²) in [5.41, 5.74) is 2.55. The number of furan rings is 1. The summed E-state index contributed by atoms with van der Waals surface area (Å²) >= 11 is 5.49. The minimum absolute atomic E-state index is 0.120. The van der Waals surface area contributed by atoms with Crippen molar-refractivity contribution in [2.45, 2.75) is 13.8 Å². The Labute approximate surface area is 197 Å². The number of hydrogen-bond acceptors (Lipinski definition) is 5. The second kappa shape index (κ2) is 10.2. The summed E-state index contributed by atoms with van der Waals surface area (Å²) in [6, 6.07) is 14.9. The number of piperazine rings is 1. The van der Waals surface area contributed by atoms with Crippen LogP contribution in [0, 0.1) is 13.8 Å². The average molecular weight is 464 g/mol. The highest BCUT2D eigenvalue weighted by molar-refractivity contribution is 7.80. The van der Waals surface area contributed by atoms with Crippen LogP contribution in [0.5, 0.6) is 0 Å². The molecule has 2 N–H and O–H groups in total. The maximum Gasteiger partial charge on any atom is 0.289 e. The van der Waals surface area contributed by atoms with Gasteiger partial charge in [-0.25, -0.2) is 9.97 Å². The first-order valence-corrected chi connectivity index (χ1v) is 11.0. The number of carbonyl (C=O) groups is 1. The third-order valence-corrected chi connectivity index (χ3v) is 5.23. The standard InChI is InChI=1S/C23H25N7O2S/c1-16-15-17(2)25-21(24-16)27-22(28-23(33)26-18-7-4-3-5-8-18)30-12-10-29(11-13-30)20(31)19-9-6-14-32-19/h3-9,14-15H,10-13H2,1-2H3,(H2,24,25,26,27,28,33). The van der Waals surface area contributed by atoms with Gasteiger partial charge >= 0.3 is 0 Å². The van der Waals surface area contributed by atoms with Crippen molar-refractivity contribution < 1.29 is 9.21 Å². The summed E-state index contributed by atoms with van der Waals surface area (Å²) < 4.78 is 5.25. The molecule has 0 unspecified atom stereocenters. The van der Waals surface area contributed by atoms with Gasteiger partial charge < -0.3 is 19.5 Å². The predicted molar refractivity (Wildman–Crippen MR) is 131 cm³/mol. The number of benzene rings is 1. The van der Waals surface area contributed by atoms with Gasteiger partial charge in [-0.2, -0.15) is 4.99 Å². The molecule has 3 heterocycles. The number of para-hydroxylation sites is 1. The molecule has 0 spiro atoms. The van der Waals surface area contributed by atoms with Crippen LogP contribution in [0.4, 0.5) is 11.6 Å². The molecular weight excluding hydrogens is 438 g/mol. The van der Waals surface area contributed by atoms with E-state index in [1.54, 1.807) is 17.0 Å². The summed E-state index contributed by atoms with van der Waals surface area (Å²) in [6.07, 6.45) is 1.50. The van der Waals surface area contributed by atoms with Crippen molar-refractivity contribution in [3.8, 4) is 0 Å². The molecule has 4 rings (SSSR count). The van der Waals surface area contributed by atoms with Crippen molar-refractivity contribution >= 4 is 40.8 Å². The van der Waals surface area contributed by atoms with Gasteiger partial charge in [-0.05, 0) is 56.4 Å². The van der Waals surface area contributed by atoms with E-state index in [4.69, 9.17) is 16.6 Å². The first kappa shape index (κ1) is 22.4. The summed E-state index contributed by atoms with van der Waals surface area (Å²) in [5.74, 6) is 1.19. The highest BCUT2D eigenvalue weighted by atomic mass is 32.1. The van der Waals surface area contributed by atoms with Crippen molar-refractivity contribution in [1.82, 2.24) is 19.8 Å². The Hall–Kier alpha value is -3.79. The molecule has 9 nitrogen and oxygen atoms in total. The number of aliphatic imine (C=N–C) groups is 1. The number of nitrogens with zero attached hydrogens (tertiary/aromatic N) is 5. The lowest BCUT2D eigenvalue weighted by atomic mass is 10.3. The van der Waals surface area contributed by atoms with E-state index >= 15 is 0 Å². The van der Waals surface area contributed by atoms with E-state index in [1.807, 2.05) is 55.1 Å². The third-order valence-electron chi connectivity index (χ3n) is 5.04. The van der Waals surface area contributed by atoms with E-state index < -0.39 is 0 Å². The van der Waals surface area contributed by atoms with E-state index in [0.29, 0.717) is 49.0 Å². The summed E-state index contributed by atoms with van der Waals surface area (Å²) in [4.78, 5) is 30.0. The predicted octanol–water partition coefficient (Wildman–Crippen LogP) is 3.31. The zero-order chi connectivity index (χ0) is 23.2. The molecule has 0 saturated carbocycles. The lowest BCUT2D eigenvalue weighted by Gasteiger charge is -2.36. The van der Waals surface area contributed by atoms with Gasteiger partial charge in [0.1, 0.15) is 0 Å². The molecule has 3 aromatic rings. The van der Waals surface area contributed by atoms with Gasteiger partial charge in [0.15, 0.2) is 5.76 Å². The maximum absolute atomic E-state index is 12.6. The number of nitrogens with one attached hydrogen (secondary N) is 2. The van der Waals surface area contributed by atoms with Gasteiger partial charge in [0.05, 0.1) is 6.26 Å². The van der Waals surface area contributed by atoms with Crippen LogP contribution in [0.1, 0.15) is 21.9 Å². The number of anilines is 2. The Morgan fingerprint density at radius 3 is 2.27 bits per heavy atom.